The molecule has 6 nitrogen and oxygen atoms in total. The molecule has 1 N–H and O–H groups in total. The largest absolute Gasteiger partial charge is 0.466 e. The Bertz CT molecular complexity index is 443. The van der Waals surface area contributed by atoms with Crippen LogP contribution in [0.5, 0.6) is 0 Å². The van der Waals surface area contributed by atoms with Gasteiger partial charge in [0.2, 0.25) is 0 Å². The average molecular weight is 586 g/mol. The van der Waals surface area contributed by atoms with Gasteiger partial charge in [-0.1, -0.05) is 13.8 Å². The highest BCUT2D eigenvalue weighted by Gasteiger charge is 2.31. The molecule has 0 aliphatic carbocycles. The van der Waals surface area contributed by atoms with Gasteiger partial charge in [-0.25, -0.2) is 4.79 Å². The number of carbonyl (C=O) groups is 2. The monoisotopic (exact) mass is 586 g/mol. The zero-order chi connectivity index (χ0) is 18.1. The summed E-state index contributed by atoms with van der Waals surface area (Å²) in [6.07, 6.45) is 2.05. The number of carbonyl (C=O) groups excluding carboxylic acids is 2. The molecule has 1 aliphatic rings. The van der Waals surface area contributed by atoms with Gasteiger partial charge in [-0.3, -0.25) is 15.1 Å². The molecule has 25 heavy (non-hydrogen) atoms. The number of hydrogen-bond donors (Lipinski definition) is 1. The molecule has 0 aromatic carbocycles. The molecule has 1 heterocycles. The molecule has 0 saturated heterocycles. The molecule has 8 heteroatoms. The van der Waals surface area contributed by atoms with Crippen LogP contribution in [-0.4, -0.2) is 35.6 Å². The van der Waals surface area contributed by atoms with E-state index in [0.29, 0.717) is 18.9 Å². The molecule has 0 fully saturated rings. The maximum atomic E-state index is 11.8. The molecule has 0 saturated carbocycles. The van der Waals surface area contributed by atoms with Crippen molar-refractivity contribution < 1.29 is 20.5 Å². The van der Waals surface area contributed by atoms with Crippen LogP contribution in [-0.2, 0) is 14.3 Å². The van der Waals surface area contributed by atoms with Gasteiger partial charge in [0, 0.05) is 7.85 Å². The fourth-order valence-corrected chi connectivity index (χ4v) is 2.24. The number of aliphatic imine (C=N–C) groups is 1. The van der Waals surface area contributed by atoms with Crippen molar-refractivity contribution in [3.05, 3.63) is 0 Å². The van der Waals surface area contributed by atoms with E-state index in [-0.39, 0.29) is 61.8 Å². The molecule has 1 amide bonds. The summed E-state index contributed by atoms with van der Waals surface area (Å²) < 4.78 is 10.2. The molecule has 1 unspecified atom stereocenters. The first-order valence-corrected chi connectivity index (χ1v) is 8.38. The summed E-state index contributed by atoms with van der Waals surface area (Å²) in [6, 6.07) is 0. The van der Waals surface area contributed by atoms with E-state index in [1.165, 1.54) is 0 Å². The first-order valence-electron chi connectivity index (χ1n) is 8.38. The lowest BCUT2D eigenvalue weighted by Gasteiger charge is -2.30. The number of rotatable bonds is 3. The number of amidine groups is 1. The minimum Gasteiger partial charge on any atom is -0.466 e. The van der Waals surface area contributed by atoms with Gasteiger partial charge in [-0.2, -0.15) is 0 Å². The highest BCUT2D eigenvalue weighted by atomic mass is 127. The van der Waals surface area contributed by atoms with Gasteiger partial charge in [-0.15, -0.1) is 48.0 Å². The first kappa shape index (κ1) is 29.6. The first-order chi connectivity index (χ1) is 10.6. The van der Waals surface area contributed by atoms with Crippen molar-refractivity contribution in [2.45, 2.75) is 85.3 Å². The van der Waals surface area contributed by atoms with Crippen LogP contribution in [0.2, 0.25) is 0 Å². The van der Waals surface area contributed by atoms with Crippen molar-refractivity contribution >= 4 is 65.9 Å². The molecule has 1 aliphatic heterocycles. The fourth-order valence-electron chi connectivity index (χ4n) is 2.24. The number of hydrogen-bond acceptors (Lipinski definition) is 5. The topological polar surface area (TPSA) is 77.0 Å². The quantitative estimate of drug-likeness (QED) is 0.359. The second-order valence-corrected chi connectivity index (χ2v) is 6.52. The van der Waals surface area contributed by atoms with Crippen molar-refractivity contribution in [1.82, 2.24) is 5.32 Å². The van der Waals surface area contributed by atoms with E-state index < -0.39 is 17.2 Å². The minimum absolute atomic E-state index is 0. The Labute approximate surface area is 187 Å². The second kappa shape index (κ2) is 14.0. The third-order valence-corrected chi connectivity index (χ3v) is 3.01. The van der Waals surface area contributed by atoms with Gasteiger partial charge in [-0.05, 0) is 47.5 Å². The fraction of sp³-hybridized carbons (Fsp3) is 0.824. The molecule has 0 aromatic heterocycles. The normalized spacial score (nSPS) is 18.9. The van der Waals surface area contributed by atoms with Crippen molar-refractivity contribution in [1.29, 1.82) is 0 Å². The van der Waals surface area contributed by atoms with E-state index in [1.807, 2.05) is 20.8 Å². The second-order valence-electron chi connectivity index (χ2n) is 6.52. The van der Waals surface area contributed by atoms with Crippen molar-refractivity contribution in [3.8, 4) is 0 Å². The third kappa shape index (κ3) is 13.7. The number of nitrogens with zero attached hydrogens (tertiary/aromatic N) is 1. The summed E-state index contributed by atoms with van der Waals surface area (Å²) >= 11 is 0. The molecular formula is C17H36I2N2O4. The maximum Gasteiger partial charge on any atom is 0.413 e. The Kier molecular flexibility index (Phi) is 16.6. The number of nitrogens with one attached hydrogen (secondary N) is 1. The lowest BCUT2D eigenvalue weighted by molar-refractivity contribution is -0.144. The van der Waals surface area contributed by atoms with Crippen molar-refractivity contribution in [2.75, 3.05) is 6.61 Å². The van der Waals surface area contributed by atoms with E-state index in [4.69, 9.17) is 9.47 Å². The summed E-state index contributed by atoms with van der Waals surface area (Å²) in [6.45, 7) is 13.5. The summed E-state index contributed by atoms with van der Waals surface area (Å²) in [5.41, 5.74) is -1.07. The SMILES string of the molecule is CC.CCOC(=O)CC1(C)CCCC(NC(=O)OC(C)(C)C)=N1.I.I.[HH]. The van der Waals surface area contributed by atoms with Crippen LogP contribution in [0, 0.1) is 0 Å². The van der Waals surface area contributed by atoms with Crippen LogP contribution in [0.1, 0.15) is 75.6 Å². The van der Waals surface area contributed by atoms with Crippen LogP contribution in [0.4, 0.5) is 4.79 Å². The van der Waals surface area contributed by atoms with E-state index in [0.717, 1.165) is 12.8 Å². The van der Waals surface area contributed by atoms with E-state index in [9.17, 15) is 9.59 Å². The molecule has 1 rings (SSSR count). The van der Waals surface area contributed by atoms with Gasteiger partial charge >= 0.3 is 12.1 Å². The zero-order valence-corrected chi connectivity index (χ0v) is 21.1. The Morgan fingerprint density at radius 2 is 1.84 bits per heavy atom. The van der Waals surface area contributed by atoms with Gasteiger partial charge in [0.25, 0.3) is 0 Å². The molecule has 0 spiro atoms. The smallest absolute Gasteiger partial charge is 0.413 e. The molecule has 1 atom stereocenters. The van der Waals surface area contributed by atoms with Crippen LogP contribution in [0.3, 0.4) is 0 Å². The summed E-state index contributed by atoms with van der Waals surface area (Å²) in [4.78, 5) is 27.9. The molecule has 152 valence electrons. The summed E-state index contributed by atoms with van der Waals surface area (Å²) in [7, 11) is 0. The van der Waals surface area contributed by atoms with Crippen LogP contribution < -0.4 is 5.32 Å². The van der Waals surface area contributed by atoms with Crippen LogP contribution in [0.15, 0.2) is 4.99 Å². The Morgan fingerprint density at radius 1 is 1.28 bits per heavy atom. The minimum atomic E-state index is -0.548. The Hall–Kier alpha value is -0.130. The van der Waals surface area contributed by atoms with Gasteiger partial charge in [0.1, 0.15) is 11.4 Å². The highest BCUT2D eigenvalue weighted by Crippen LogP contribution is 2.28. The van der Waals surface area contributed by atoms with Gasteiger partial charge < -0.3 is 9.47 Å². The molecular weight excluding hydrogens is 550 g/mol. The number of esters is 1. The molecule has 0 bridgehead atoms. The van der Waals surface area contributed by atoms with Gasteiger partial charge in [0.15, 0.2) is 0 Å². The average Bonchev–Trinajstić information content (AvgIpc) is 2.38. The van der Waals surface area contributed by atoms with Gasteiger partial charge in [0.05, 0.1) is 18.6 Å². The lowest BCUT2D eigenvalue weighted by atomic mass is 9.89. The van der Waals surface area contributed by atoms with E-state index in [2.05, 4.69) is 10.3 Å². The third-order valence-electron chi connectivity index (χ3n) is 3.01. The van der Waals surface area contributed by atoms with Crippen LogP contribution >= 0.6 is 48.0 Å². The van der Waals surface area contributed by atoms with E-state index >= 15 is 0 Å². The van der Waals surface area contributed by atoms with Crippen molar-refractivity contribution in [2.24, 2.45) is 4.99 Å². The summed E-state index contributed by atoms with van der Waals surface area (Å²) in [5, 5.41) is 2.67. The number of alkyl carbamates (subject to hydrolysis) is 1. The zero-order valence-electron chi connectivity index (χ0n) is 16.4. The predicted molar refractivity (Wildman–Crippen MR) is 125 cm³/mol. The van der Waals surface area contributed by atoms with Crippen molar-refractivity contribution in [3.63, 3.8) is 0 Å². The number of amides is 1. The molecule has 0 radical (unpaired) electrons. The lowest BCUT2D eigenvalue weighted by Crippen LogP contribution is -2.41. The summed E-state index contributed by atoms with van der Waals surface area (Å²) in [5.74, 6) is 0.310. The highest BCUT2D eigenvalue weighted by molar-refractivity contribution is 14.0. The van der Waals surface area contributed by atoms with Crippen LogP contribution in [0.25, 0.3) is 0 Å². The Balaban J connectivity index is -0.000000467. The number of ether oxygens (including phenoxy) is 2. The predicted octanol–water partition coefficient (Wildman–Crippen LogP) is 5.31. The molecule has 0 aromatic rings. The number of halogens is 2. The van der Waals surface area contributed by atoms with E-state index in [1.54, 1.807) is 27.7 Å². The Morgan fingerprint density at radius 3 is 2.32 bits per heavy atom. The standard InChI is InChI=1S/C15H26N2O4.C2H6.2HI.H2/c1-6-20-12(18)10-15(5)9-7-8-11(17-15)16-13(19)21-14(2,3)4;1-2;;;/h6-10H2,1-5H3,(H,16,17,19);1-2H3;3*1H. The maximum absolute atomic E-state index is 11.8.